The molecule has 0 aliphatic heterocycles. The number of anilines is 1. The Balaban J connectivity index is 1.98. The van der Waals surface area contributed by atoms with E-state index < -0.39 is 24.7 Å². The number of nitrogens with one attached hydrogen (secondary N) is 2. The fourth-order valence-corrected chi connectivity index (χ4v) is 2.42. The second-order valence-electron chi connectivity index (χ2n) is 7.50. The van der Waals surface area contributed by atoms with Crippen LogP contribution < -0.4 is 15.4 Å². The van der Waals surface area contributed by atoms with Crippen molar-refractivity contribution in [1.29, 1.82) is 0 Å². The van der Waals surface area contributed by atoms with Gasteiger partial charge in [0.1, 0.15) is 11.6 Å². The Morgan fingerprint density at radius 1 is 1.10 bits per heavy atom. The minimum absolute atomic E-state index is 0.169. The number of carbonyl (C=O) groups is 2. The first-order valence-corrected chi connectivity index (χ1v) is 9.82. The summed E-state index contributed by atoms with van der Waals surface area (Å²) in [7, 11) is 0. The van der Waals surface area contributed by atoms with E-state index >= 15 is 0 Å². The third-order valence-electron chi connectivity index (χ3n) is 4.54. The molecule has 0 bridgehead atoms. The lowest BCUT2D eigenvalue weighted by Crippen LogP contribution is -2.34. The second-order valence-corrected chi connectivity index (χ2v) is 7.50. The Labute approximate surface area is 179 Å². The lowest BCUT2D eigenvalue weighted by Gasteiger charge is -2.19. The van der Waals surface area contributed by atoms with Crippen molar-refractivity contribution in [1.82, 2.24) is 10.3 Å². The van der Waals surface area contributed by atoms with Crippen LogP contribution in [0.15, 0.2) is 42.6 Å². The minimum Gasteiger partial charge on any atom is -0.487 e. The molecular formula is C22H26F3N3O3. The molecule has 2 amide bonds. The maximum absolute atomic E-state index is 13.3. The van der Waals surface area contributed by atoms with Crippen LogP contribution in [0.25, 0.3) is 0 Å². The molecule has 0 fully saturated rings. The van der Waals surface area contributed by atoms with Crippen LogP contribution >= 0.6 is 0 Å². The average molecular weight is 437 g/mol. The monoisotopic (exact) mass is 437 g/mol. The second kappa shape index (κ2) is 10.3. The van der Waals surface area contributed by atoms with Crippen LogP contribution in [-0.2, 0) is 4.79 Å². The molecule has 2 aromatic rings. The van der Waals surface area contributed by atoms with E-state index in [1.807, 2.05) is 0 Å². The van der Waals surface area contributed by atoms with Gasteiger partial charge in [-0.3, -0.25) is 9.59 Å². The van der Waals surface area contributed by atoms with Gasteiger partial charge in [0, 0.05) is 17.7 Å². The molecule has 0 saturated heterocycles. The molecule has 9 heteroatoms. The van der Waals surface area contributed by atoms with Crippen molar-refractivity contribution in [2.75, 3.05) is 11.9 Å². The third-order valence-corrected chi connectivity index (χ3v) is 4.54. The summed E-state index contributed by atoms with van der Waals surface area (Å²) in [4.78, 5) is 28.4. The maximum Gasteiger partial charge on any atom is 0.311 e. The number of alkyl halides is 3. The van der Waals surface area contributed by atoms with Crippen LogP contribution in [0.1, 0.15) is 49.7 Å². The standard InChI is InChI=1S/C22H26F3N3O3/c1-13(2)20(29)28-19-11-17(9-10-26-19)21(30)27-14(3)16-5-7-18(8-6-16)31-12-22(24,25)15(4)23/h5-11,13-15H,12H2,1-4H3,(H,27,30)(H,26,28,29). The van der Waals surface area contributed by atoms with E-state index in [2.05, 4.69) is 15.6 Å². The first-order valence-electron chi connectivity index (χ1n) is 9.82. The number of halogens is 3. The van der Waals surface area contributed by atoms with Crippen LogP contribution in [0.3, 0.4) is 0 Å². The van der Waals surface area contributed by atoms with Crippen LogP contribution in [0.2, 0.25) is 0 Å². The van der Waals surface area contributed by atoms with Gasteiger partial charge in [0.05, 0.1) is 6.04 Å². The summed E-state index contributed by atoms with van der Waals surface area (Å²) >= 11 is 0. The zero-order valence-corrected chi connectivity index (χ0v) is 17.8. The van der Waals surface area contributed by atoms with Crippen molar-refractivity contribution in [3.8, 4) is 5.75 Å². The van der Waals surface area contributed by atoms with Crippen molar-refractivity contribution < 1.29 is 27.5 Å². The molecule has 0 saturated carbocycles. The molecule has 0 aliphatic carbocycles. The molecule has 1 aromatic carbocycles. The first kappa shape index (κ1) is 24.2. The summed E-state index contributed by atoms with van der Waals surface area (Å²) in [5, 5.41) is 5.45. The molecule has 31 heavy (non-hydrogen) atoms. The van der Waals surface area contributed by atoms with Crippen molar-refractivity contribution in [3.63, 3.8) is 0 Å². The number of ether oxygens (including phenoxy) is 1. The lowest BCUT2D eigenvalue weighted by molar-refractivity contribution is -0.118. The van der Waals surface area contributed by atoms with E-state index in [-0.39, 0.29) is 29.3 Å². The number of hydrogen-bond acceptors (Lipinski definition) is 4. The van der Waals surface area contributed by atoms with E-state index in [1.54, 1.807) is 32.9 Å². The van der Waals surface area contributed by atoms with Crippen molar-refractivity contribution in [3.05, 3.63) is 53.7 Å². The number of nitrogens with zero attached hydrogens (tertiary/aromatic N) is 1. The fourth-order valence-electron chi connectivity index (χ4n) is 2.42. The molecule has 0 radical (unpaired) electrons. The highest BCUT2D eigenvalue weighted by Gasteiger charge is 2.37. The van der Waals surface area contributed by atoms with Gasteiger partial charge in [-0.15, -0.1) is 0 Å². The van der Waals surface area contributed by atoms with Gasteiger partial charge in [-0.2, -0.15) is 8.78 Å². The number of carbonyl (C=O) groups excluding carboxylic acids is 2. The van der Waals surface area contributed by atoms with Crippen molar-refractivity contribution in [2.24, 2.45) is 5.92 Å². The molecule has 0 spiro atoms. The SMILES string of the molecule is CC(C)C(=O)Nc1cc(C(=O)NC(C)c2ccc(OCC(F)(F)C(C)F)cc2)ccn1. The third kappa shape index (κ3) is 6.97. The average Bonchev–Trinajstić information content (AvgIpc) is 2.72. The van der Waals surface area contributed by atoms with Gasteiger partial charge in [0.15, 0.2) is 12.8 Å². The molecule has 2 atom stereocenters. The first-order chi connectivity index (χ1) is 14.5. The molecule has 6 nitrogen and oxygen atoms in total. The summed E-state index contributed by atoms with van der Waals surface area (Å²) in [5.41, 5.74) is 1.04. The van der Waals surface area contributed by atoms with Gasteiger partial charge in [-0.05, 0) is 43.7 Å². The Bertz CT molecular complexity index is 902. The van der Waals surface area contributed by atoms with Gasteiger partial charge in [-0.25, -0.2) is 9.37 Å². The Kier molecular flexibility index (Phi) is 8.01. The molecule has 1 heterocycles. The molecule has 2 rings (SSSR count). The summed E-state index contributed by atoms with van der Waals surface area (Å²) < 4.78 is 44.4. The smallest absolute Gasteiger partial charge is 0.311 e. The highest BCUT2D eigenvalue weighted by molar-refractivity contribution is 5.97. The summed E-state index contributed by atoms with van der Waals surface area (Å²) in [6.45, 7) is 4.97. The number of aromatic nitrogens is 1. The zero-order valence-electron chi connectivity index (χ0n) is 17.8. The van der Waals surface area contributed by atoms with E-state index in [4.69, 9.17) is 4.74 Å². The van der Waals surface area contributed by atoms with E-state index in [9.17, 15) is 22.8 Å². The van der Waals surface area contributed by atoms with E-state index in [1.165, 1.54) is 30.5 Å². The van der Waals surface area contributed by atoms with Gasteiger partial charge in [0.25, 0.3) is 5.91 Å². The quantitative estimate of drug-likeness (QED) is 0.604. The molecular weight excluding hydrogens is 411 g/mol. The van der Waals surface area contributed by atoms with E-state index in [0.717, 1.165) is 6.92 Å². The Hall–Kier alpha value is -3.10. The predicted molar refractivity (Wildman–Crippen MR) is 111 cm³/mol. The summed E-state index contributed by atoms with van der Waals surface area (Å²) in [5.74, 6) is -3.93. The largest absolute Gasteiger partial charge is 0.487 e. The van der Waals surface area contributed by atoms with Gasteiger partial charge < -0.3 is 15.4 Å². The van der Waals surface area contributed by atoms with Crippen molar-refractivity contribution in [2.45, 2.75) is 45.8 Å². The van der Waals surface area contributed by atoms with Gasteiger partial charge >= 0.3 is 5.92 Å². The van der Waals surface area contributed by atoms with E-state index in [0.29, 0.717) is 11.1 Å². The number of hydrogen-bond donors (Lipinski definition) is 2. The van der Waals surface area contributed by atoms with Gasteiger partial charge in [0.2, 0.25) is 5.91 Å². The predicted octanol–water partition coefficient (Wildman–Crippen LogP) is 4.54. The molecule has 2 unspecified atom stereocenters. The fraction of sp³-hybridized carbons (Fsp3) is 0.409. The normalized spacial score (nSPS) is 13.4. The van der Waals surface area contributed by atoms with Crippen LogP contribution in [0.5, 0.6) is 5.75 Å². The van der Waals surface area contributed by atoms with Crippen LogP contribution in [-0.4, -0.2) is 35.5 Å². The molecule has 168 valence electrons. The summed E-state index contributed by atoms with van der Waals surface area (Å²) in [6.07, 6.45) is -0.884. The minimum atomic E-state index is -3.57. The lowest BCUT2D eigenvalue weighted by atomic mass is 10.1. The van der Waals surface area contributed by atoms with Crippen LogP contribution in [0, 0.1) is 5.92 Å². The molecule has 2 N–H and O–H groups in total. The zero-order chi connectivity index (χ0) is 23.2. The molecule has 1 aromatic heterocycles. The highest BCUT2D eigenvalue weighted by atomic mass is 19.3. The number of benzene rings is 1. The van der Waals surface area contributed by atoms with Crippen LogP contribution in [0.4, 0.5) is 19.0 Å². The maximum atomic E-state index is 13.3. The van der Waals surface area contributed by atoms with Crippen molar-refractivity contribution >= 4 is 17.6 Å². The Morgan fingerprint density at radius 3 is 2.32 bits per heavy atom. The number of amides is 2. The Morgan fingerprint density at radius 2 is 1.74 bits per heavy atom. The summed E-state index contributed by atoms with van der Waals surface area (Å²) in [6, 6.07) is 8.81. The molecule has 0 aliphatic rings. The number of pyridine rings is 1. The number of rotatable bonds is 9. The topological polar surface area (TPSA) is 80.3 Å². The highest BCUT2D eigenvalue weighted by Crippen LogP contribution is 2.24. The van der Waals surface area contributed by atoms with Gasteiger partial charge in [-0.1, -0.05) is 26.0 Å².